The number of nitrogens with two attached hydrogens (primary N) is 1. The van der Waals surface area contributed by atoms with Gasteiger partial charge >= 0.3 is 0 Å². The first kappa shape index (κ1) is 19.9. The molecule has 1 aromatic carbocycles. The normalized spacial score (nSPS) is 18.0. The Morgan fingerprint density at radius 1 is 1.13 bits per heavy atom. The summed E-state index contributed by atoms with van der Waals surface area (Å²) >= 11 is 5.99. The Bertz CT molecular complexity index is 1260. The third-order valence-corrected chi connectivity index (χ3v) is 5.98. The van der Waals surface area contributed by atoms with E-state index in [0.717, 1.165) is 53.6 Å². The summed E-state index contributed by atoms with van der Waals surface area (Å²) in [4.78, 5) is 29.0. The third kappa shape index (κ3) is 4.10. The van der Waals surface area contributed by atoms with Crippen LogP contribution in [0.3, 0.4) is 0 Å². The van der Waals surface area contributed by atoms with Gasteiger partial charge in [-0.05, 0) is 35.4 Å². The number of halogens is 1. The zero-order valence-electron chi connectivity index (χ0n) is 16.9. The molecule has 9 heteroatoms. The van der Waals surface area contributed by atoms with Crippen molar-refractivity contribution in [3.05, 3.63) is 65.3 Å². The molecular weight excluding hydrogens is 414 g/mol. The number of rotatable bonds is 5. The average Bonchev–Trinajstić information content (AvgIpc) is 3.14. The first-order chi connectivity index (χ1) is 15.1. The number of nitrogens with zero attached hydrogens (tertiary/aromatic N) is 6. The molecule has 0 radical (unpaired) electrons. The van der Waals surface area contributed by atoms with Crippen molar-refractivity contribution in [2.75, 3.05) is 25.4 Å². The monoisotopic (exact) mass is 435 g/mol. The van der Waals surface area contributed by atoms with Crippen LogP contribution >= 0.6 is 11.6 Å². The van der Waals surface area contributed by atoms with Crippen molar-refractivity contribution in [3.63, 3.8) is 0 Å². The number of hydrogen-bond acceptors (Lipinski definition) is 7. The van der Waals surface area contributed by atoms with Crippen LogP contribution < -0.4 is 5.73 Å². The second-order valence-electron chi connectivity index (χ2n) is 7.88. The quantitative estimate of drug-likeness (QED) is 0.481. The zero-order chi connectivity index (χ0) is 21.4. The SMILES string of the molecule is Nc1ncnc2cc(CN3CCN(Cc4ccn5cc(Cl)nc5c4)CC3C=O)ccc12. The Kier molecular flexibility index (Phi) is 5.27. The van der Waals surface area contributed by atoms with Crippen LogP contribution in [0.1, 0.15) is 11.1 Å². The Labute approximate surface area is 184 Å². The van der Waals surface area contributed by atoms with Gasteiger partial charge in [0.2, 0.25) is 0 Å². The molecule has 158 valence electrons. The number of pyridine rings is 1. The fourth-order valence-corrected chi connectivity index (χ4v) is 4.37. The lowest BCUT2D eigenvalue weighted by Gasteiger charge is -2.39. The van der Waals surface area contributed by atoms with Gasteiger partial charge in [0, 0.05) is 50.5 Å². The molecule has 0 spiro atoms. The number of carbonyl (C=O) groups excluding carboxylic acids is 1. The van der Waals surface area contributed by atoms with Gasteiger partial charge in [-0.25, -0.2) is 15.0 Å². The number of hydrogen-bond donors (Lipinski definition) is 1. The van der Waals surface area contributed by atoms with Crippen LogP contribution in [-0.2, 0) is 17.9 Å². The molecule has 0 aliphatic carbocycles. The van der Waals surface area contributed by atoms with Gasteiger partial charge in [-0.3, -0.25) is 9.80 Å². The van der Waals surface area contributed by atoms with Crippen molar-refractivity contribution < 1.29 is 4.79 Å². The summed E-state index contributed by atoms with van der Waals surface area (Å²) in [5.74, 6) is 0.478. The Morgan fingerprint density at radius 3 is 2.87 bits per heavy atom. The van der Waals surface area contributed by atoms with Crippen LogP contribution in [0.5, 0.6) is 0 Å². The molecular formula is C22H22ClN7O. The van der Waals surface area contributed by atoms with Gasteiger partial charge < -0.3 is 14.9 Å². The predicted octanol–water partition coefficient (Wildman–Crippen LogP) is 2.40. The fraction of sp³-hybridized carbons (Fsp3) is 0.273. The van der Waals surface area contributed by atoms with E-state index in [1.54, 1.807) is 6.20 Å². The molecule has 4 heterocycles. The van der Waals surface area contributed by atoms with Crippen LogP contribution in [0.25, 0.3) is 16.6 Å². The smallest absolute Gasteiger partial charge is 0.148 e. The van der Waals surface area contributed by atoms with E-state index in [2.05, 4.69) is 30.8 Å². The van der Waals surface area contributed by atoms with E-state index < -0.39 is 0 Å². The Balaban J connectivity index is 1.27. The highest BCUT2D eigenvalue weighted by atomic mass is 35.5. The van der Waals surface area contributed by atoms with Crippen molar-refractivity contribution in [3.8, 4) is 0 Å². The van der Waals surface area contributed by atoms with Gasteiger partial charge in [0.25, 0.3) is 0 Å². The molecule has 0 saturated carbocycles. The lowest BCUT2D eigenvalue weighted by atomic mass is 10.1. The number of fused-ring (bicyclic) bond motifs is 2. The summed E-state index contributed by atoms with van der Waals surface area (Å²) < 4.78 is 1.90. The molecule has 0 bridgehead atoms. The van der Waals surface area contributed by atoms with Crippen molar-refractivity contribution in [2.45, 2.75) is 19.1 Å². The van der Waals surface area contributed by atoms with Gasteiger partial charge in [-0.15, -0.1) is 0 Å². The summed E-state index contributed by atoms with van der Waals surface area (Å²) in [6.07, 6.45) is 6.27. The summed E-state index contributed by atoms with van der Waals surface area (Å²) in [6, 6.07) is 9.94. The molecule has 1 aliphatic rings. The molecule has 3 aromatic heterocycles. The van der Waals surface area contributed by atoms with Crippen LogP contribution in [-0.4, -0.2) is 61.1 Å². The van der Waals surface area contributed by atoms with Gasteiger partial charge in [0.1, 0.15) is 29.2 Å². The maximum atomic E-state index is 11.9. The van der Waals surface area contributed by atoms with Crippen LogP contribution in [0.15, 0.2) is 49.1 Å². The van der Waals surface area contributed by atoms with E-state index in [9.17, 15) is 4.79 Å². The van der Waals surface area contributed by atoms with E-state index in [1.807, 2.05) is 34.9 Å². The van der Waals surface area contributed by atoms with Crippen molar-refractivity contribution in [1.29, 1.82) is 0 Å². The molecule has 1 fully saturated rings. The molecule has 4 aromatic rings. The average molecular weight is 436 g/mol. The van der Waals surface area contributed by atoms with E-state index >= 15 is 0 Å². The number of piperazine rings is 1. The molecule has 2 N–H and O–H groups in total. The molecule has 0 amide bonds. The van der Waals surface area contributed by atoms with Gasteiger partial charge in [-0.1, -0.05) is 17.7 Å². The second-order valence-corrected chi connectivity index (χ2v) is 8.27. The van der Waals surface area contributed by atoms with Gasteiger partial charge in [0.15, 0.2) is 0 Å². The summed E-state index contributed by atoms with van der Waals surface area (Å²) in [5.41, 5.74) is 9.82. The van der Waals surface area contributed by atoms with Crippen molar-refractivity contribution >= 4 is 40.3 Å². The Hall–Kier alpha value is -3.07. The Morgan fingerprint density at radius 2 is 2.00 bits per heavy atom. The maximum Gasteiger partial charge on any atom is 0.148 e. The fourth-order valence-electron chi connectivity index (χ4n) is 4.18. The lowest BCUT2D eigenvalue weighted by Crippen LogP contribution is -2.53. The van der Waals surface area contributed by atoms with E-state index in [4.69, 9.17) is 17.3 Å². The molecule has 1 saturated heterocycles. The standard InChI is InChI=1S/C22H22ClN7O/c23-20-12-30-4-3-16(8-21(30)27-20)9-28-5-6-29(17(11-28)13-31)10-15-1-2-18-19(7-15)25-14-26-22(18)24/h1-4,7-8,12-14,17H,5-6,9-11H2,(H2,24,25,26). The number of imidazole rings is 1. The summed E-state index contributed by atoms with van der Waals surface area (Å²) in [6.45, 7) is 3.84. The zero-order valence-corrected chi connectivity index (χ0v) is 17.6. The van der Waals surface area contributed by atoms with Crippen LogP contribution in [0.2, 0.25) is 5.15 Å². The largest absolute Gasteiger partial charge is 0.383 e. The number of carbonyl (C=O) groups is 1. The molecule has 1 unspecified atom stereocenters. The predicted molar refractivity (Wildman–Crippen MR) is 120 cm³/mol. The van der Waals surface area contributed by atoms with Crippen molar-refractivity contribution in [2.24, 2.45) is 0 Å². The molecule has 8 nitrogen and oxygen atoms in total. The minimum Gasteiger partial charge on any atom is -0.383 e. The number of aromatic nitrogens is 4. The van der Waals surface area contributed by atoms with E-state index in [0.29, 0.717) is 24.1 Å². The highest BCUT2D eigenvalue weighted by molar-refractivity contribution is 6.29. The highest BCUT2D eigenvalue weighted by Crippen LogP contribution is 2.21. The summed E-state index contributed by atoms with van der Waals surface area (Å²) in [7, 11) is 0. The molecule has 5 rings (SSSR count). The van der Waals surface area contributed by atoms with Gasteiger partial charge in [0.05, 0.1) is 11.6 Å². The van der Waals surface area contributed by atoms with E-state index in [-0.39, 0.29) is 6.04 Å². The van der Waals surface area contributed by atoms with Gasteiger partial charge in [-0.2, -0.15) is 0 Å². The molecule has 31 heavy (non-hydrogen) atoms. The van der Waals surface area contributed by atoms with Crippen LogP contribution in [0, 0.1) is 0 Å². The molecule has 1 atom stereocenters. The third-order valence-electron chi connectivity index (χ3n) is 5.79. The van der Waals surface area contributed by atoms with Crippen LogP contribution in [0.4, 0.5) is 5.82 Å². The second kappa shape index (κ2) is 8.22. The number of nitrogen functional groups attached to an aromatic ring is 1. The van der Waals surface area contributed by atoms with E-state index in [1.165, 1.54) is 6.33 Å². The van der Waals surface area contributed by atoms with Crippen molar-refractivity contribution in [1.82, 2.24) is 29.2 Å². The molecule has 1 aliphatic heterocycles. The number of benzene rings is 1. The summed E-state index contributed by atoms with van der Waals surface area (Å²) in [5, 5.41) is 1.33. The minimum absolute atomic E-state index is 0.162. The topological polar surface area (TPSA) is 92.7 Å². The maximum absolute atomic E-state index is 11.9. The first-order valence-electron chi connectivity index (χ1n) is 10.1. The number of aldehydes is 1. The minimum atomic E-state index is -0.162. The number of anilines is 1. The lowest BCUT2D eigenvalue weighted by molar-refractivity contribution is -0.115. The first-order valence-corrected chi connectivity index (χ1v) is 10.5. The highest BCUT2D eigenvalue weighted by Gasteiger charge is 2.27.